The van der Waals surface area contributed by atoms with Crippen molar-refractivity contribution < 1.29 is 0 Å². The minimum Gasteiger partial charge on any atom is -0.0988 e. The van der Waals surface area contributed by atoms with Crippen molar-refractivity contribution in [1.82, 2.24) is 0 Å². The van der Waals surface area contributed by atoms with Crippen molar-refractivity contribution in [1.29, 1.82) is 0 Å². The highest BCUT2D eigenvalue weighted by molar-refractivity contribution is 6.31. The zero-order valence-electron chi connectivity index (χ0n) is 7.45. The van der Waals surface area contributed by atoms with E-state index in [2.05, 4.69) is 13.5 Å². The third kappa shape index (κ3) is 4.05. The zero-order chi connectivity index (χ0) is 8.85. The van der Waals surface area contributed by atoms with Crippen LogP contribution in [0.25, 0.3) is 0 Å². The van der Waals surface area contributed by atoms with Gasteiger partial charge in [-0.05, 0) is 26.3 Å². The van der Waals surface area contributed by atoms with Crippen molar-refractivity contribution in [2.75, 3.05) is 0 Å². The van der Waals surface area contributed by atoms with Gasteiger partial charge in [0.1, 0.15) is 0 Å². The Morgan fingerprint density at radius 3 is 2.36 bits per heavy atom. The van der Waals surface area contributed by atoms with Crippen LogP contribution >= 0.6 is 11.6 Å². The molecule has 0 atom stereocenters. The first-order valence-electron chi connectivity index (χ1n) is 3.77. The molecular weight excluding hydrogens is 156 g/mol. The maximum Gasteiger partial charge on any atom is 0.0397 e. The van der Waals surface area contributed by atoms with Gasteiger partial charge < -0.3 is 0 Å². The molecule has 0 radical (unpaired) electrons. The second kappa shape index (κ2) is 5.20. The lowest BCUT2D eigenvalue weighted by Gasteiger charge is -1.97. The van der Waals surface area contributed by atoms with Crippen LogP contribution in [0.4, 0.5) is 0 Å². The molecular formula is C10H15Cl. The first kappa shape index (κ1) is 10.5. The van der Waals surface area contributed by atoms with Gasteiger partial charge in [-0.1, -0.05) is 42.3 Å². The molecule has 0 heterocycles. The summed E-state index contributed by atoms with van der Waals surface area (Å²) in [7, 11) is 0. The Kier molecular flexibility index (Phi) is 4.97. The maximum atomic E-state index is 5.96. The van der Waals surface area contributed by atoms with Crippen molar-refractivity contribution in [3.05, 3.63) is 34.9 Å². The second-order valence-electron chi connectivity index (χ2n) is 2.57. The van der Waals surface area contributed by atoms with E-state index in [0.717, 1.165) is 17.0 Å². The van der Waals surface area contributed by atoms with Crippen LogP contribution in [0.5, 0.6) is 0 Å². The van der Waals surface area contributed by atoms with Gasteiger partial charge in [-0.15, -0.1) is 0 Å². The molecule has 0 unspecified atom stereocenters. The fourth-order valence-corrected chi connectivity index (χ4v) is 0.857. The van der Waals surface area contributed by atoms with Crippen LogP contribution in [0.3, 0.4) is 0 Å². The molecule has 0 saturated carbocycles. The molecule has 0 aromatic heterocycles. The van der Waals surface area contributed by atoms with Crippen molar-refractivity contribution in [2.24, 2.45) is 0 Å². The molecule has 0 aliphatic carbocycles. The van der Waals surface area contributed by atoms with Crippen LogP contribution in [0, 0.1) is 0 Å². The Balaban J connectivity index is 4.49. The van der Waals surface area contributed by atoms with Crippen LogP contribution in [0.15, 0.2) is 34.9 Å². The van der Waals surface area contributed by atoms with Crippen molar-refractivity contribution >= 4 is 11.6 Å². The molecule has 1 heteroatoms. The number of rotatable bonds is 3. The van der Waals surface area contributed by atoms with Crippen LogP contribution < -0.4 is 0 Å². The van der Waals surface area contributed by atoms with Gasteiger partial charge in [0.25, 0.3) is 0 Å². The van der Waals surface area contributed by atoms with Crippen LogP contribution in [0.2, 0.25) is 0 Å². The number of halogens is 1. The second-order valence-corrected chi connectivity index (χ2v) is 2.98. The Bertz CT molecular complexity index is 197. The highest BCUT2D eigenvalue weighted by atomic mass is 35.5. The van der Waals surface area contributed by atoms with Crippen molar-refractivity contribution in [3.8, 4) is 0 Å². The third-order valence-electron chi connectivity index (χ3n) is 1.61. The molecule has 0 N–H and O–H groups in total. The lowest BCUT2D eigenvalue weighted by atomic mass is 10.2. The minimum absolute atomic E-state index is 0.838. The van der Waals surface area contributed by atoms with Crippen LogP contribution in [-0.4, -0.2) is 0 Å². The average molecular weight is 171 g/mol. The maximum absolute atomic E-state index is 5.96. The predicted molar refractivity (Wildman–Crippen MR) is 52.8 cm³/mol. The molecule has 0 amide bonds. The summed E-state index contributed by atoms with van der Waals surface area (Å²) < 4.78 is 0. The van der Waals surface area contributed by atoms with E-state index >= 15 is 0 Å². The third-order valence-corrected chi connectivity index (χ3v) is 2.05. The van der Waals surface area contributed by atoms with Gasteiger partial charge in [-0.25, -0.2) is 0 Å². The lowest BCUT2D eigenvalue weighted by molar-refractivity contribution is 1.09. The normalized spacial score (nSPS) is 14.4. The lowest BCUT2D eigenvalue weighted by Crippen LogP contribution is -1.76. The summed E-state index contributed by atoms with van der Waals surface area (Å²) in [6.07, 6.45) is 4.73. The van der Waals surface area contributed by atoms with E-state index in [4.69, 9.17) is 11.6 Å². The predicted octanol–water partition coefficient (Wildman–Crippen LogP) is 4.04. The molecule has 0 aliphatic heterocycles. The Morgan fingerprint density at radius 2 is 2.00 bits per heavy atom. The van der Waals surface area contributed by atoms with E-state index in [9.17, 15) is 0 Å². The summed E-state index contributed by atoms with van der Waals surface area (Å²) >= 11 is 5.96. The van der Waals surface area contributed by atoms with E-state index < -0.39 is 0 Å². The van der Waals surface area contributed by atoms with Crippen LogP contribution in [-0.2, 0) is 0 Å². The number of hydrogen-bond donors (Lipinski definition) is 0. The molecule has 0 saturated heterocycles. The fourth-order valence-electron chi connectivity index (χ4n) is 0.551. The van der Waals surface area contributed by atoms with Gasteiger partial charge >= 0.3 is 0 Å². The van der Waals surface area contributed by atoms with Gasteiger partial charge in [0, 0.05) is 5.03 Å². The smallest absolute Gasteiger partial charge is 0.0397 e. The van der Waals surface area contributed by atoms with Gasteiger partial charge in [0.05, 0.1) is 0 Å². The fraction of sp³-hybridized carbons (Fsp3) is 0.400. The molecule has 0 rings (SSSR count). The minimum atomic E-state index is 0.838. The summed E-state index contributed by atoms with van der Waals surface area (Å²) in [6.45, 7) is 9.76. The van der Waals surface area contributed by atoms with Crippen molar-refractivity contribution in [2.45, 2.75) is 27.2 Å². The summed E-state index contributed by atoms with van der Waals surface area (Å²) in [4.78, 5) is 0. The average Bonchev–Trinajstić information content (AvgIpc) is 2.02. The van der Waals surface area contributed by atoms with E-state index in [1.54, 1.807) is 6.08 Å². The SMILES string of the molecule is C=C/C(C)=C\C(Cl)=C(\C)CC. The first-order valence-corrected chi connectivity index (χ1v) is 4.15. The van der Waals surface area contributed by atoms with E-state index in [-0.39, 0.29) is 0 Å². The summed E-state index contributed by atoms with van der Waals surface area (Å²) in [6, 6.07) is 0. The summed E-state index contributed by atoms with van der Waals surface area (Å²) in [5, 5.41) is 0.838. The van der Waals surface area contributed by atoms with Crippen LogP contribution in [0.1, 0.15) is 27.2 Å². The van der Waals surface area contributed by atoms with Gasteiger partial charge in [-0.3, -0.25) is 0 Å². The topological polar surface area (TPSA) is 0 Å². The van der Waals surface area contributed by atoms with E-state index in [1.165, 1.54) is 5.57 Å². The van der Waals surface area contributed by atoms with E-state index in [1.807, 2.05) is 19.9 Å². The van der Waals surface area contributed by atoms with E-state index in [0.29, 0.717) is 0 Å². The quantitative estimate of drug-likeness (QED) is 0.561. The standard InChI is InChI=1S/C10H15Cl/c1-5-8(3)7-10(11)9(4)6-2/h5,7H,1,6H2,2-4H3/b8-7-,10-9+. The molecule has 0 fully saturated rings. The number of hydrogen-bond acceptors (Lipinski definition) is 0. The molecule has 11 heavy (non-hydrogen) atoms. The van der Waals surface area contributed by atoms with Crippen molar-refractivity contribution in [3.63, 3.8) is 0 Å². The highest BCUT2D eigenvalue weighted by Crippen LogP contribution is 2.15. The Hall–Kier alpha value is -0.490. The van der Waals surface area contributed by atoms with Gasteiger partial charge in [-0.2, -0.15) is 0 Å². The highest BCUT2D eigenvalue weighted by Gasteiger charge is 1.92. The van der Waals surface area contributed by atoms with Gasteiger partial charge in [0.2, 0.25) is 0 Å². The molecule has 62 valence electrons. The van der Waals surface area contributed by atoms with Gasteiger partial charge in [0.15, 0.2) is 0 Å². The Morgan fingerprint density at radius 1 is 1.45 bits per heavy atom. The summed E-state index contributed by atoms with van der Waals surface area (Å²) in [5.74, 6) is 0. The first-order chi connectivity index (χ1) is 5.11. The molecule has 0 nitrogen and oxygen atoms in total. The monoisotopic (exact) mass is 170 g/mol. The molecule has 0 aliphatic rings. The Labute approximate surface area is 74.3 Å². The largest absolute Gasteiger partial charge is 0.0988 e. The number of allylic oxidation sites excluding steroid dienone is 5. The summed E-state index contributed by atoms with van der Waals surface area (Å²) in [5.41, 5.74) is 2.32. The molecule has 0 spiro atoms. The molecule has 0 bridgehead atoms. The zero-order valence-corrected chi connectivity index (χ0v) is 8.20. The molecule has 0 aromatic rings. The molecule has 0 aromatic carbocycles.